The summed E-state index contributed by atoms with van der Waals surface area (Å²) in [6.45, 7) is 2.82. The van der Waals surface area contributed by atoms with E-state index in [-0.39, 0.29) is 5.82 Å². The van der Waals surface area contributed by atoms with Gasteiger partial charge in [-0.3, -0.25) is 0 Å². The zero-order chi connectivity index (χ0) is 15.3. The van der Waals surface area contributed by atoms with Gasteiger partial charge in [0.2, 0.25) is 10.0 Å². The first-order chi connectivity index (χ1) is 9.95. The molecule has 6 heteroatoms. The summed E-state index contributed by atoms with van der Waals surface area (Å²) in [6, 6.07) is 6.62. The Labute approximate surface area is 126 Å². The first-order valence-corrected chi connectivity index (χ1v) is 9.20. The average molecular weight is 314 g/mol. The SMILES string of the molecule is CS(=O)(=O)N1CCCC(CNCCc2cccc(F)c2)C1. The summed E-state index contributed by atoms with van der Waals surface area (Å²) in [5, 5.41) is 3.35. The number of piperidine rings is 1. The van der Waals surface area contributed by atoms with Crippen LogP contribution in [0.3, 0.4) is 0 Å². The maximum absolute atomic E-state index is 13.0. The van der Waals surface area contributed by atoms with Crippen LogP contribution in [0.4, 0.5) is 4.39 Å². The van der Waals surface area contributed by atoms with E-state index in [0.717, 1.165) is 37.9 Å². The van der Waals surface area contributed by atoms with E-state index in [1.807, 2.05) is 6.07 Å². The standard InChI is InChI=1S/C15H23FN2O2S/c1-21(19,20)18-9-3-5-14(12-18)11-17-8-7-13-4-2-6-15(16)10-13/h2,4,6,10,14,17H,3,5,7-9,11-12H2,1H3. The minimum Gasteiger partial charge on any atom is -0.316 e. The molecule has 1 saturated heterocycles. The van der Waals surface area contributed by atoms with Gasteiger partial charge in [-0.15, -0.1) is 0 Å². The van der Waals surface area contributed by atoms with Gasteiger partial charge in [-0.25, -0.2) is 17.1 Å². The van der Waals surface area contributed by atoms with E-state index >= 15 is 0 Å². The lowest BCUT2D eigenvalue weighted by Crippen LogP contribution is -2.42. The van der Waals surface area contributed by atoms with Gasteiger partial charge in [-0.2, -0.15) is 0 Å². The fraction of sp³-hybridized carbons (Fsp3) is 0.600. The molecule has 1 unspecified atom stereocenters. The Balaban J connectivity index is 1.71. The number of sulfonamides is 1. The number of nitrogens with zero attached hydrogens (tertiary/aromatic N) is 1. The Kier molecular flexibility index (Phi) is 5.72. The predicted octanol–water partition coefficient (Wildman–Crippen LogP) is 1.63. The van der Waals surface area contributed by atoms with Crippen molar-refractivity contribution in [3.63, 3.8) is 0 Å². The topological polar surface area (TPSA) is 49.4 Å². The van der Waals surface area contributed by atoms with E-state index in [0.29, 0.717) is 19.0 Å². The van der Waals surface area contributed by atoms with Crippen molar-refractivity contribution < 1.29 is 12.8 Å². The summed E-state index contributed by atoms with van der Waals surface area (Å²) >= 11 is 0. The summed E-state index contributed by atoms with van der Waals surface area (Å²) < 4.78 is 37.7. The Bertz CT molecular complexity index is 563. The van der Waals surface area contributed by atoms with Crippen molar-refractivity contribution in [3.05, 3.63) is 35.6 Å². The fourth-order valence-electron chi connectivity index (χ4n) is 2.73. The maximum atomic E-state index is 13.0. The average Bonchev–Trinajstić information content (AvgIpc) is 2.43. The molecule has 0 amide bonds. The van der Waals surface area contributed by atoms with E-state index in [4.69, 9.17) is 0 Å². The molecule has 1 fully saturated rings. The van der Waals surface area contributed by atoms with Crippen LogP contribution in [0.15, 0.2) is 24.3 Å². The number of nitrogens with one attached hydrogen (secondary N) is 1. The summed E-state index contributed by atoms with van der Waals surface area (Å²) in [5.41, 5.74) is 0.976. The van der Waals surface area contributed by atoms with Gasteiger partial charge in [0.1, 0.15) is 5.82 Å². The zero-order valence-corrected chi connectivity index (χ0v) is 13.2. The van der Waals surface area contributed by atoms with E-state index in [2.05, 4.69) is 5.32 Å². The highest BCUT2D eigenvalue weighted by molar-refractivity contribution is 7.88. The van der Waals surface area contributed by atoms with E-state index in [9.17, 15) is 12.8 Å². The van der Waals surface area contributed by atoms with Gasteiger partial charge in [0.25, 0.3) is 0 Å². The van der Waals surface area contributed by atoms with Crippen molar-refractivity contribution in [1.29, 1.82) is 0 Å². The molecule has 1 heterocycles. The Hall–Kier alpha value is -0.980. The lowest BCUT2D eigenvalue weighted by molar-refractivity contribution is 0.262. The van der Waals surface area contributed by atoms with E-state index < -0.39 is 10.0 Å². The van der Waals surface area contributed by atoms with E-state index in [1.54, 1.807) is 16.4 Å². The normalized spacial score (nSPS) is 20.6. The molecule has 4 nitrogen and oxygen atoms in total. The molecule has 0 saturated carbocycles. The molecule has 0 aromatic heterocycles. The number of rotatable bonds is 6. The number of benzene rings is 1. The minimum absolute atomic E-state index is 0.205. The molecule has 2 rings (SSSR count). The van der Waals surface area contributed by atoms with Crippen molar-refractivity contribution in [2.45, 2.75) is 19.3 Å². The van der Waals surface area contributed by atoms with Crippen LogP contribution in [0.1, 0.15) is 18.4 Å². The monoisotopic (exact) mass is 314 g/mol. The Morgan fingerprint density at radius 1 is 1.43 bits per heavy atom. The highest BCUT2D eigenvalue weighted by Crippen LogP contribution is 2.17. The van der Waals surface area contributed by atoms with Gasteiger partial charge in [0.15, 0.2) is 0 Å². The molecule has 0 radical (unpaired) electrons. The lowest BCUT2D eigenvalue weighted by atomic mass is 9.99. The molecule has 1 N–H and O–H groups in total. The van der Waals surface area contributed by atoms with Gasteiger partial charge >= 0.3 is 0 Å². The summed E-state index contributed by atoms with van der Waals surface area (Å²) in [7, 11) is -3.07. The second-order valence-corrected chi connectivity index (χ2v) is 7.70. The number of hydrogen-bond acceptors (Lipinski definition) is 3. The largest absolute Gasteiger partial charge is 0.316 e. The van der Waals surface area contributed by atoms with Crippen LogP contribution in [0.2, 0.25) is 0 Å². The maximum Gasteiger partial charge on any atom is 0.211 e. The highest BCUT2D eigenvalue weighted by Gasteiger charge is 2.25. The van der Waals surface area contributed by atoms with Crippen molar-refractivity contribution in [2.75, 3.05) is 32.4 Å². The van der Waals surface area contributed by atoms with Crippen molar-refractivity contribution in [1.82, 2.24) is 9.62 Å². The molecule has 0 spiro atoms. The molecule has 1 atom stereocenters. The molecule has 118 valence electrons. The van der Waals surface area contributed by atoms with Gasteiger partial charge in [0, 0.05) is 13.1 Å². The quantitative estimate of drug-likeness (QED) is 0.812. The summed E-state index contributed by atoms with van der Waals surface area (Å²) in [6.07, 6.45) is 4.02. The molecule has 0 aliphatic carbocycles. The van der Waals surface area contributed by atoms with Crippen molar-refractivity contribution in [2.24, 2.45) is 5.92 Å². The fourth-order valence-corrected chi connectivity index (χ4v) is 3.67. The van der Waals surface area contributed by atoms with Crippen LogP contribution in [-0.4, -0.2) is 45.2 Å². The lowest BCUT2D eigenvalue weighted by Gasteiger charge is -2.31. The molecular formula is C15H23FN2O2S. The van der Waals surface area contributed by atoms with Crippen LogP contribution >= 0.6 is 0 Å². The molecule has 1 aromatic rings. The summed E-state index contributed by atoms with van der Waals surface area (Å²) in [4.78, 5) is 0. The molecule has 1 aliphatic rings. The van der Waals surface area contributed by atoms with Crippen LogP contribution < -0.4 is 5.32 Å². The van der Waals surface area contributed by atoms with Crippen LogP contribution in [0, 0.1) is 11.7 Å². The number of halogens is 1. The second-order valence-electron chi connectivity index (χ2n) is 5.71. The smallest absolute Gasteiger partial charge is 0.211 e. The summed E-state index contributed by atoms with van der Waals surface area (Å²) in [5.74, 6) is 0.157. The van der Waals surface area contributed by atoms with Crippen molar-refractivity contribution >= 4 is 10.0 Å². The van der Waals surface area contributed by atoms with Gasteiger partial charge < -0.3 is 5.32 Å². The Morgan fingerprint density at radius 2 is 2.24 bits per heavy atom. The third-order valence-electron chi connectivity index (χ3n) is 3.86. The Morgan fingerprint density at radius 3 is 2.95 bits per heavy atom. The molecular weight excluding hydrogens is 291 g/mol. The minimum atomic E-state index is -3.07. The third-order valence-corrected chi connectivity index (χ3v) is 5.13. The van der Waals surface area contributed by atoms with E-state index in [1.165, 1.54) is 12.3 Å². The third kappa shape index (κ3) is 5.37. The van der Waals surface area contributed by atoms with Crippen LogP contribution in [0.5, 0.6) is 0 Å². The zero-order valence-electron chi connectivity index (χ0n) is 12.4. The van der Waals surface area contributed by atoms with Crippen LogP contribution in [0.25, 0.3) is 0 Å². The second kappa shape index (κ2) is 7.33. The van der Waals surface area contributed by atoms with Gasteiger partial charge in [-0.05, 0) is 56.0 Å². The highest BCUT2D eigenvalue weighted by atomic mass is 32.2. The molecule has 0 bridgehead atoms. The molecule has 21 heavy (non-hydrogen) atoms. The molecule has 1 aromatic carbocycles. The first-order valence-electron chi connectivity index (χ1n) is 7.35. The number of hydrogen-bond donors (Lipinski definition) is 1. The van der Waals surface area contributed by atoms with Gasteiger partial charge in [-0.1, -0.05) is 12.1 Å². The van der Waals surface area contributed by atoms with Gasteiger partial charge in [0.05, 0.1) is 6.26 Å². The first kappa shape index (κ1) is 16.4. The van der Waals surface area contributed by atoms with Crippen molar-refractivity contribution in [3.8, 4) is 0 Å². The predicted molar refractivity (Wildman–Crippen MR) is 82.1 cm³/mol. The van der Waals surface area contributed by atoms with Crippen LogP contribution in [-0.2, 0) is 16.4 Å². The molecule has 1 aliphatic heterocycles.